The smallest absolute Gasteiger partial charge is 0.254 e. The second kappa shape index (κ2) is 9.01. The van der Waals surface area contributed by atoms with Crippen molar-refractivity contribution < 1.29 is 0 Å². The van der Waals surface area contributed by atoms with Crippen LogP contribution >= 0.6 is 0 Å². The van der Waals surface area contributed by atoms with Crippen LogP contribution in [0.15, 0.2) is 47.4 Å². The van der Waals surface area contributed by atoms with Crippen molar-refractivity contribution in [2.24, 2.45) is 0 Å². The molecule has 0 saturated carbocycles. The van der Waals surface area contributed by atoms with Gasteiger partial charge in [0.15, 0.2) is 0 Å². The first-order chi connectivity index (χ1) is 13.8. The molecule has 0 unspecified atom stereocenters. The van der Waals surface area contributed by atoms with Gasteiger partial charge in [-0.15, -0.1) is 0 Å². The number of H-pyrrole nitrogens is 1. The van der Waals surface area contributed by atoms with E-state index in [1.54, 1.807) is 13.1 Å². The van der Waals surface area contributed by atoms with Gasteiger partial charge in [-0.3, -0.25) is 9.69 Å². The highest BCUT2D eigenvalue weighted by Gasteiger charge is 2.09. The fourth-order valence-electron chi connectivity index (χ4n) is 2.94. The van der Waals surface area contributed by atoms with Gasteiger partial charge in [0.1, 0.15) is 11.6 Å². The van der Waals surface area contributed by atoms with Gasteiger partial charge in [-0.2, -0.15) is 0 Å². The summed E-state index contributed by atoms with van der Waals surface area (Å²) in [6.07, 6.45) is 1.73. The van der Waals surface area contributed by atoms with E-state index in [0.29, 0.717) is 24.0 Å². The van der Waals surface area contributed by atoms with Gasteiger partial charge in [0, 0.05) is 42.1 Å². The first-order valence-corrected chi connectivity index (χ1v) is 9.90. The first-order valence-electron chi connectivity index (χ1n) is 9.90. The Labute approximate surface area is 172 Å². The molecule has 0 saturated heterocycles. The summed E-state index contributed by atoms with van der Waals surface area (Å²) >= 11 is 0. The molecule has 0 aliphatic heterocycles. The summed E-state index contributed by atoms with van der Waals surface area (Å²) in [5, 5.41) is 3.39. The molecule has 0 spiro atoms. The molecule has 3 aromatic rings. The van der Waals surface area contributed by atoms with E-state index in [2.05, 4.69) is 70.3 Å². The molecule has 2 N–H and O–H groups in total. The van der Waals surface area contributed by atoms with E-state index >= 15 is 0 Å². The number of rotatable bonds is 7. The fraction of sp³-hybridized carbons (Fsp3) is 0.348. The van der Waals surface area contributed by atoms with Crippen molar-refractivity contribution >= 4 is 5.82 Å². The predicted molar refractivity (Wildman–Crippen MR) is 118 cm³/mol. The minimum atomic E-state index is -0.113. The molecule has 0 amide bonds. The number of anilines is 1. The van der Waals surface area contributed by atoms with Crippen molar-refractivity contribution in [1.82, 2.24) is 19.9 Å². The average molecular weight is 392 g/mol. The summed E-state index contributed by atoms with van der Waals surface area (Å²) in [5.41, 5.74) is 4.61. The van der Waals surface area contributed by atoms with Crippen molar-refractivity contribution in [2.75, 3.05) is 12.4 Å². The number of hydrogen-bond acceptors (Lipinski definition) is 5. The van der Waals surface area contributed by atoms with Crippen LogP contribution in [-0.4, -0.2) is 32.9 Å². The molecular formula is C23H29N5O. The number of aromatic amines is 1. The maximum Gasteiger partial charge on any atom is 0.254 e. The van der Waals surface area contributed by atoms with Crippen molar-refractivity contribution in [1.29, 1.82) is 0 Å². The molecule has 2 heterocycles. The summed E-state index contributed by atoms with van der Waals surface area (Å²) in [4.78, 5) is 26.1. The van der Waals surface area contributed by atoms with Crippen molar-refractivity contribution in [3.8, 4) is 11.4 Å². The van der Waals surface area contributed by atoms with Crippen molar-refractivity contribution in [2.45, 2.75) is 46.8 Å². The van der Waals surface area contributed by atoms with Gasteiger partial charge < -0.3 is 10.3 Å². The molecule has 29 heavy (non-hydrogen) atoms. The molecule has 0 fully saturated rings. The molecule has 0 aliphatic carbocycles. The highest BCUT2D eigenvalue weighted by atomic mass is 16.1. The normalized spacial score (nSPS) is 11.3. The van der Waals surface area contributed by atoms with Crippen LogP contribution in [0.25, 0.3) is 11.4 Å². The Balaban J connectivity index is 1.71. The Bertz CT molecular complexity index is 1020. The zero-order valence-corrected chi connectivity index (χ0v) is 17.8. The summed E-state index contributed by atoms with van der Waals surface area (Å²) < 4.78 is 0. The van der Waals surface area contributed by atoms with E-state index in [4.69, 9.17) is 0 Å². The van der Waals surface area contributed by atoms with Crippen LogP contribution in [0.5, 0.6) is 0 Å². The Morgan fingerprint density at radius 3 is 2.45 bits per heavy atom. The number of pyridine rings is 1. The minimum absolute atomic E-state index is 0.113. The van der Waals surface area contributed by atoms with Crippen LogP contribution in [0.3, 0.4) is 0 Å². The third-order valence-corrected chi connectivity index (χ3v) is 5.31. The minimum Gasteiger partial charge on any atom is -0.366 e. The van der Waals surface area contributed by atoms with Gasteiger partial charge in [0.05, 0.1) is 0 Å². The lowest BCUT2D eigenvalue weighted by Crippen LogP contribution is -2.26. The molecule has 0 atom stereocenters. The molecule has 152 valence electrons. The zero-order chi connectivity index (χ0) is 21.0. The molecule has 0 bridgehead atoms. The van der Waals surface area contributed by atoms with Gasteiger partial charge in [-0.25, -0.2) is 9.97 Å². The lowest BCUT2D eigenvalue weighted by atomic mass is 10.1. The van der Waals surface area contributed by atoms with Gasteiger partial charge in [0.2, 0.25) is 0 Å². The lowest BCUT2D eigenvalue weighted by molar-refractivity contribution is 0.265. The van der Waals surface area contributed by atoms with Gasteiger partial charge in [-0.1, -0.05) is 24.3 Å². The first kappa shape index (κ1) is 20.7. The fourth-order valence-corrected chi connectivity index (χ4v) is 2.94. The van der Waals surface area contributed by atoms with E-state index in [1.807, 2.05) is 19.1 Å². The van der Waals surface area contributed by atoms with E-state index in [-0.39, 0.29) is 5.56 Å². The van der Waals surface area contributed by atoms with Crippen molar-refractivity contribution in [3.05, 3.63) is 75.3 Å². The number of benzene rings is 1. The number of hydrogen-bond donors (Lipinski definition) is 2. The summed E-state index contributed by atoms with van der Waals surface area (Å²) in [6.45, 7) is 9.62. The lowest BCUT2D eigenvalue weighted by Gasteiger charge is -2.22. The van der Waals surface area contributed by atoms with E-state index in [1.165, 1.54) is 11.1 Å². The SMILES string of the molecule is Cc1nc(-c2ccc(NCc3ccccc3CN(C)C(C)C)nc2)[nH]c(=O)c1C. The van der Waals surface area contributed by atoms with E-state index in [9.17, 15) is 4.79 Å². The molecule has 0 aliphatic rings. The van der Waals surface area contributed by atoms with Crippen LogP contribution in [-0.2, 0) is 13.1 Å². The molecule has 1 aromatic carbocycles. The van der Waals surface area contributed by atoms with Gasteiger partial charge >= 0.3 is 0 Å². The third-order valence-electron chi connectivity index (χ3n) is 5.31. The zero-order valence-electron chi connectivity index (χ0n) is 17.8. The van der Waals surface area contributed by atoms with Crippen molar-refractivity contribution in [3.63, 3.8) is 0 Å². The van der Waals surface area contributed by atoms with Gasteiger partial charge in [0.25, 0.3) is 5.56 Å². The molecule has 6 heteroatoms. The van der Waals surface area contributed by atoms with Crippen LogP contribution in [0.1, 0.15) is 36.2 Å². The largest absolute Gasteiger partial charge is 0.366 e. The number of aromatic nitrogens is 3. The number of aryl methyl sites for hydroxylation is 1. The third kappa shape index (κ3) is 5.09. The Hall–Kier alpha value is -2.99. The quantitative estimate of drug-likeness (QED) is 0.639. The second-order valence-corrected chi connectivity index (χ2v) is 7.69. The molecule has 6 nitrogen and oxygen atoms in total. The standard InChI is InChI=1S/C23H29N5O/c1-15(2)28(5)14-20-9-7-6-8-18(20)12-24-21-11-10-19(13-25-21)22-26-17(4)16(3)23(29)27-22/h6-11,13,15H,12,14H2,1-5H3,(H,24,25)(H,26,27,29). The predicted octanol–water partition coefficient (Wildman–Crippen LogP) is 3.90. The van der Waals surface area contributed by atoms with Crippen LogP contribution < -0.4 is 10.9 Å². The maximum absolute atomic E-state index is 12.0. The topological polar surface area (TPSA) is 73.9 Å². The van der Waals surface area contributed by atoms with Gasteiger partial charge in [-0.05, 0) is 58.0 Å². The summed E-state index contributed by atoms with van der Waals surface area (Å²) in [7, 11) is 2.14. The van der Waals surface area contributed by atoms with Crippen LogP contribution in [0.4, 0.5) is 5.82 Å². The Morgan fingerprint density at radius 1 is 1.10 bits per heavy atom. The van der Waals surface area contributed by atoms with E-state index < -0.39 is 0 Å². The van der Waals surface area contributed by atoms with Crippen LogP contribution in [0, 0.1) is 13.8 Å². The monoisotopic (exact) mass is 391 g/mol. The average Bonchev–Trinajstić information content (AvgIpc) is 2.71. The summed E-state index contributed by atoms with van der Waals surface area (Å²) in [5.74, 6) is 1.33. The number of nitrogens with one attached hydrogen (secondary N) is 2. The van der Waals surface area contributed by atoms with Crippen LogP contribution in [0.2, 0.25) is 0 Å². The Morgan fingerprint density at radius 2 is 1.83 bits per heavy atom. The highest BCUT2D eigenvalue weighted by Crippen LogP contribution is 2.17. The molecule has 0 radical (unpaired) electrons. The molecule has 2 aromatic heterocycles. The molecular weight excluding hydrogens is 362 g/mol. The Kier molecular flexibility index (Phi) is 6.44. The highest BCUT2D eigenvalue weighted by molar-refractivity contribution is 5.56. The maximum atomic E-state index is 12.0. The van der Waals surface area contributed by atoms with E-state index in [0.717, 1.165) is 23.6 Å². The second-order valence-electron chi connectivity index (χ2n) is 7.69. The number of nitrogens with zero attached hydrogens (tertiary/aromatic N) is 3. The summed E-state index contributed by atoms with van der Waals surface area (Å²) in [6, 6.07) is 12.8. The molecule has 3 rings (SSSR count).